The first-order valence-electron chi connectivity index (χ1n) is 8.51. The molecule has 0 aliphatic rings. The summed E-state index contributed by atoms with van der Waals surface area (Å²) in [4.78, 5) is 40.3. The fourth-order valence-electron chi connectivity index (χ4n) is 2.70. The number of amides is 2. The Bertz CT molecular complexity index is 1150. The molecule has 0 saturated carbocycles. The van der Waals surface area contributed by atoms with E-state index >= 15 is 0 Å². The lowest BCUT2D eigenvalue weighted by molar-refractivity contribution is -0.107. The fourth-order valence-corrected chi connectivity index (χ4v) is 3.55. The molecule has 0 radical (unpaired) electrons. The predicted molar refractivity (Wildman–Crippen MR) is 117 cm³/mol. The molecule has 2 amide bonds. The lowest BCUT2D eigenvalue weighted by Gasteiger charge is -2.15. The molecular formula is C19H14BrCl2N5O3. The Morgan fingerprint density at radius 2 is 2.00 bits per heavy atom. The molecule has 3 rings (SSSR count). The molecule has 0 aliphatic heterocycles. The molecule has 0 atom stereocenters. The van der Waals surface area contributed by atoms with Gasteiger partial charge in [-0.25, -0.2) is 9.67 Å². The standard InChI is InChI=1S/C19H14BrCl2N5O3/c1-10-7-11(21)8-12(18(29)24-5-6-28)16(10)25-19(30)14-9-15(20)26-27(14)17-13(22)3-2-4-23-17/h2-4,6-9H,5H2,1H3,(H,24,29)(H,25,30). The molecule has 2 heterocycles. The zero-order valence-corrected chi connectivity index (χ0v) is 18.5. The van der Waals surface area contributed by atoms with Gasteiger partial charge in [0.1, 0.15) is 16.6 Å². The minimum atomic E-state index is -0.551. The highest BCUT2D eigenvalue weighted by atomic mass is 79.9. The smallest absolute Gasteiger partial charge is 0.274 e. The Hall–Kier alpha value is -2.75. The van der Waals surface area contributed by atoms with Crippen molar-refractivity contribution < 1.29 is 14.4 Å². The summed E-state index contributed by atoms with van der Waals surface area (Å²) in [5.41, 5.74) is 1.07. The monoisotopic (exact) mass is 509 g/mol. The van der Waals surface area contributed by atoms with Gasteiger partial charge in [-0.2, -0.15) is 5.10 Å². The number of anilines is 1. The zero-order chi connectivity index (χ0) is 21.8. The van der Waals surface area contributed by atoms with Gasteiger partial charge in [0.15, 0.2) is 5.82 Å². The third-order valence-corrected chi connectivity index (χ3v) is 4.88. The van der Waals surface area contributed by atoms with Gasteiger partial charge < -0.3 is 15.4 Å². The van der Waals surface area contributed by atoms with Crippen LogP contribution in [-0.4, -0.2) is 39.4 Å². The number of aryl methyl sites for hydroxylation is 1. The van der Waals surface area contributed by atoms with Crippen LogP contribution in [0.1, 0.15) is 26.4 Å². The fraction of sp³-hybridized carbons (Fsp3) is 0.105. The van der Waals surface area contributed by atoms with Crippen molar-refractivity contribution in [2.24, 2.45) is 0 Å². The number of hydrogen-bond acceptors (Lipinski definition) is 5. The molecule has 0 spiro atoms. The highest BCUT2D eigenvalue weighted by Crippen LogP contribution is 2.27. The van der Waals surface area contributed by atoms with Crippen LogP contribution in [-0.2, 0) is 4.79 Å². The van der Waals surface area contributed by atoms with E-state index in [4.69, 9.17) is 23.2 Å². The summed E-state index contributed by atoms with van der Waals surface area (Å²) < 4.78 is 1.69. The second-order valence-corrected chi connectivity index (χ2v) is 7.71. The molecule has 2 N–H and O–H groups in total. The lowest BCUT2D eigenvalue weighted by atomic mass is 10.1. The summed E-state index contributed by atoms with van der Waals surface area (Å²) in [5, 5.41) is 10.0. The van der Waals surface area contributed by atoms with E-state index in [1.807, 2.05) is 0 Å². The first kappa shape index (κ1) is 21.9. The van der Waals surface area contributed by atoms with E-state index in [0.717, 1.165) is 0 Å². The van der Waals surface area contributed by atoms with Gasteiger partial charge in [-0.1, -0.05) is 23.2 Å². The number of aromatic nitrogens is 3. The number of hydrogen-bond donors (Lipinski definition) is 2. The Morgan fingerprint density at radius 1 is 1.23 bits per heavy atom. The molecule has 0 saturated heterocycles. The van der Waals surface area contributed by atoms with Crippen molar-refractivity contribution in [2.75, 3.05) is 11.9 Å². The van der Waals surface area contributed by atoms with E-state index in [2.05, 4.69) is 36.6 Å². The van der Waals surface area contributed by atoms with Gasteiger partial charge in [0.25, 0.3) is 11.8 Å². The molecule has 30 heavy (non-hydrogen) atoms. The average Bonchev–Trinajstić information content (AvgIpc) is 3.09. The molecule has 8 nitrogen and oxygen atoms in total. The summed E-state index contributed by atoms with van der Waals surface area (Å²) in [5.74, 6) is -0.831. The first-order chi connectivity index (χ1) is 14.3. The Labute approximate surface area is 189 Å². The van der Waals surface area contributed by atoms with E-state index in [9.17, 15) is 14.4 Å². The maximum Gasteiger partial charge on any atom is 0.274 e. The molecule has 154 valence electrons. The SMILES string of the molecule is Cc1cc(Cl)cc(C(=O)NCC=O)c1NC(=O)c1cc(Br)nn1-c1ncccc1Cl. The van der Waals surface area contributed by atoms with E-state index in [-0.39, 0.29) is 29.3 Å². The van der Waals surface area contributed by atoms with Gasteiger partial charge in [0.05, 0.1) is 22.8 Å². The summed E-state index contributed by atoms with van der Waals surface area (Å²) in [7, 11) is 0. The van der Waals surface area contributed by atoms with Crippen LogP contribution in [0.15, 0.2) is 41.1 Å². The second kappa shape index (κ2) is 9.38. The normalized spacial score (nSPS) is 10.5. The largest absolute Gasteiger partial charge is 0.345 e. The lowest BCUT2D eigenvalue weighted by Crippen LogP contribution is -2.27. The number of rotatable bonds is 6. The van der Waals surface area contributed by atoms with Crippen LogP contribution in [0.3, 0.4) is 0 Å². The zero-order valence-electron chi connectivity index (χ0n) is 15.4. The first-order valence-corrected chi connectivity index (χ1v) is 10.1. The maximum atomic E-state index is 13.1. The molecule has 0 aliphatic carbocycles. The van der Waals surface area contributed by atoms with Crippen molar-refractivity contribution >= 4 is 62.9 Å². The highest BCUT2D eigenvalue weighted by Gasteiger charge is 2.22. The van der Waals surface area contributed by atoms with E-state index in [1.54, 1.807) is 25.1 Å². The molecule has 2 aromatic heterocycles. The Kier molecular flexibility index (Phi) is 6.86. The third-order valence-electron chi connectivity index (χ3n) is 3.98. The van der Waals surface area contributed by atoms with Crippen molar-refractivity contribution in [3.63, 3.8) is 0 Å². The number of benzene rings is 1. The number of halogens is 3. The Balaban J connectivity index is 2.01. The van der Waals surface area contributed by atoms with Crippen molar-refractivity contribution in [1.29, 1.82) is 0 Å². The van der Waals surface area contributed by atoms with Crippen molar-refractivity contribution in [1.82, 2.24) is 20.1 Å². The molecule has 1 aromatic carbocycles. The van der Waals surface area contributed by atoms with Gasteiger partial charge in [-0.3, -0.25) is 9.59 Å². The molecule has 0 bridgehead atoms. The van der Waals surface area contributed by atoms with Crippen LogP contribution in [0.2, 0.25) is 10.0 Å². The molecule has 0 unspecified atom stereocenters. The predicted octanol–water partition coefficient (Wildman–Crippen LogP) is 3.83. The average molecular weight is 511 g/mol. The van der Waals surface area contributed by atoms with E-state index in [1.165, 1.54) is 23.0 Å². The summed E-state index contributed by atoms with van der Waals surface area (Å²) in [6.45, 7) is 1.52. The number of aldehydes is 1. The number of pyridine rings is 1. The van der Waals surface area contributed by atoms with Gasteiger partial charge >= 0.3 is 0 Å². The minimum Gasteiger partial charge on any atom is -0.345 e. The van der Waals surface area contributed by atoms with Crippen molar-refractivity contribution in [2.45, 2.75) is 6.92 Å². The summed E-state index contributed by atoms with van der Waals surface area (Å²) in [6, 6.07) is 7.80. The topological polar surface area (TPSA) is 106 Å². The molecule has 3 aromatic rings. The number of carbonyl (C=O) groups is 3. The van der Waals surface area contributed by atoms with Gasteiger partial charge in [-0.15, -0.1) is 0 Å². The van der Waals surface area contributed by atoms with Crippen molar-refractivity contribution in [3.05, 3.63) is 68.0 Å². The quantitative estimate of drug-likeness (QED) is 0.490. The third kappa shape index (κ3) is 4.69. The molecule has 0 fully saturated rings. The van der Waals surface area contributed by atoms with Crippen LogP contribution in [0.25, 0.3) is 5.82 Å². The van der Waals surface area contributed by atoms with Crippen LogP contribution in [0.5, 0.6) is 0 Å². The van der Waals surface area contributed by atoms with Gasteiger partial charge in [0, 0.05) is 17.3 Å². The minimum absolute atomic E-state index is 0.121. The molecular weight excluding hydrogens is 497 g/mol. The number of nitrogens with zero attached hydrogens (tertiary/aromatic N) is 3. The van der Waals surface area contributed by atoms with Gasteiger partial charge in [0.2, 0.25) is 0 Å². The van der Waals surface area contributed by atoms with E-state index in [0.29, 0.717) is 26.5 Å². The second-order valence-electron chi connectivity index (χ2n) is 6.05. The van der Waals surface area contributed by atoms with Crippen LogP contribution in [0, 0.1) is 6.92 Å². The number of nitrogens with one attached hydrogen (secondary N) is 2. The highest BCUT2D eigenvalue weighted by molar-refractivity contribution is 9.10. The number of carbonyl (C=O) groups excluding carboxylic acids is 3. The van der Waals surface area contributed by atoms with Crippen LogP contribution < -0.4 is 10.6 Å². The van der Waals surface area contributed by atoms with Gasteiger partial charge in [-0.05, 0) is 52.7 Å². The van der Waals surface area contributed by atoms with Crippen LogP contribution in [0.4, 0.5) is 5.69 Å². The van der Waals surface area contributed by atoms with Crippen molar-refractivity contribution in [3.8, 4) is 5.82 Å². The Morgan fingerprint density at radius 3 is 2.70 bits per heavy atom. The summed E-state index contributed by atoms with van der Waals surface area (Å²) >= 11 is 15.5. The molecule has 11 heteroatoms. The van der Waals surface area contributed by atoms with E-state index < -0.39 is 11.8 Å². The maximum absolute atomic E-state index is 13.1. The summed E-state index contributed by atoms with van der Waals surface area (Å²) in [6.07, 6.45) is 2.08. The van der Waals surface area contributed by atoms with Crippen LogP contribution >= 0.6 is 39.1 Å².